The number of hydrogen-bond donors (Lipinski definition) is 0. The SMILES string of the molecule is Cc1cc2c(c(F)c1B1OC(C)(C)C(C)(C)O1)CCC2N(C)C. The maximum atomic E-state index is 15.2. The van der Waals surface area contributed by atoms with E-state index in [9.17, 15) is 0 Å². The van der Waals surface area contributed by atoms with E-state index in [1.165, 1.54) is 0 Å². The monoisotopic (exact) mass is 319 g/mol. The summed E-state index contributed by atoms with van der Waals surface area (Å²) in [5.74, 6) is -0.136. The maximum absolute atomic E-state index is 15.2. The molecule has 0 amide bonds. The number of nitrogens with zero attached hydrogens (tertiary/aromatic N) is 1. The van der Waals surface area contributed by atoms with Gasteiger partial charge in [0.1, 0.15) is 5.82 Å². The van der Waals surface area contributed by atoms with Crippen LogP contribution in [-0.2, 0) is 15.7 Å². The van der Waals surface area contributed by atoms with Crippen molar-refractivity contribution in [2.24, 2.45) is 0 Å². The molecular weight excluding hydrogens is 292 g/mol. The molecule has 2 aliphatic rings. The van der Waals surface area contributed by atoms with Crippen LogP contribution in [0.3, 0.4) is 0 Å². The molecule has 0 radical (unpaired) electrons. The van der Waals surface area contributed by atoms with Crippen LogP contribution >= 0.6 is 0 Å². The van der Waals surface area contributed by atoms with Gasteiger partial charge in [-0.25, -0.2) is 4.39 Å². The van der Waals surface area contributed by atoms with Crippen molar-refractivity contribution in [3.63, 3.8) is 0 Å². The normalized spacial score (nSPS) is 25.3. The van der Waals surface area contributed by atoms with Gasteiger partial charge in [0.05, 0.1) is 11.2 Å². The predicted molar refractivity (Wildman–Crippen MR) is 91.6 cm³/mol. The number of aryl methyl sites for hydroxylation is 1. The Balaban J connectivity index is 2.04. The van der Waals surface area contributed by atoms with Crippen molar-refractivity contribution in [1.82, 2.24) is 4.90 Å². The zero-order valence-electron chi connectivity index (χ0n) is 15.3. The average molecular weight is 319 g/mol. The lowest BCUT2D eigenvalue weighted by molar-refractivity contribution is 0.00578. The van der Waals surface area contributed by atoms with Gasteiger partial charge < -0.3 is 14.2 Å². The fourth-order valence-electron chi connectivity index (χ4n) is 3.64. The van der Waals surface area contributed by atoms with Crippen molar-refractivity contribution in [3.05, 3.63) is 28.6 Å². The van der Waals surface area contributed by atoms with Gasteiger partial charge in [-0.2, -0.15) is 0 Å². The van der Waals surface area contributed by atoms with Gasteiger partial charge >= 0.3 is 7.12 Å². The third-order valence-electron chi connectivity index (χ3n) is 5.79. The molecule has 1 atom stereocenters. The molecule has 1 aliphatic heterocycles. The Morgan fingerprint density at radius 3 is 2.26 bits per heavy atom. The summed E-state index contributed by atoms with van der Waals surface area (Å²) in [5.41, 5.74) is 2.52. The van der Waals surface area contributed by atoms with Gasteiger partial charge in [-0.1, -0.05) is 6.07 Å². The minimum Gasteiger partial charge on any atom is -0.399 e. The molecule has 0 aromatic heterocycles. The second-order valence-corrected chi connectivity index (χ2v) is 8.10. The molecule has 0 saturated carbocycles. The lowest BCUT2D eigenvalue weighted by Crippen LogP contribution is -2.41. The first-order valence-corrected chi connectivity index (χ1v) is 8.39. The van der Waals surface area contributed by atoms with Gasteiger partial charge in [0, 0.05) is 11.5 Å². The predicted octanol–water partition coefficient (Wildman–Crippen LogP) is 2.98. The Hall–Kier alpha value is -0.905. The molecule has 3 nitrogen and oxygen atoms in total. The summed E-state index contributed by atoms with van der Waals surface area (Å²) in [6.07, 6.45) is 1.74. The highest BCUT2D eigenvalue weighted by Crippen LogP contribution is 2.39. The lowest BCUT2D eigenvalue weighted by Gasteiger charge is -2.32. The summed E-state index contributed by atoms with van der Waals surface area (Å²) in [6.45, 7) is 9.94. The van der Waals surface area contributed by atoms with Crippen molar-refractivity contribution < 1.29 is 13.7 Å². The van der Waals surface area contributed by atoms with E-state index in [2.05, 4.69) is 25.1 Å². The van der Waals surface area contributed by atoms with Crippen LogP contribution in [0.5, 0.6) is 0 Å². The molecule has 0 bridgehead atoms. The Labute approximate surface area is 139 Å². The van der Waals surface area contributed by atoms with E-state index in [1.54, 1.807) is 0 Å². The minimum atomic E-state index is -0.635. The first kappa shape index (κ1) is 16.9. The van der Waals surface area contributed by atoms with Crippen molar-refractivity contribution in [2.45, 2.75) is 64.7 Å². The summed E-state index contributed by atoms with van der Waals surface area (Å²) in [5, 5.41) is 0. The zero-order chi connectivity index (χ0) is 17.2. The number of fused-ring (bicyclic) bond motifs is 1. The van der Waals surface area contributed by atoms with E-state index in [0.717, 1.165) is 29.5 Å². The van der Waals surface area contributed by atoms with Crippen molar-refractivity contribution in [3.8, 4) is 0 Å². The number of halogens is 1. The molecule has 1 fully saturated rings. The van der Waals surface area contributed by atoms with Crippen LogP contribution < -0.4 is 5.46 Å². The van der Waals surface area contributed by atoms with Gasteiger partial charge in [-0.3, -0.25) is 0 Å². The number of benzene rings is 1. The minimum absolute atomic E-state index is 0.136. The third kappa shape index (κ3) is 2.53. The summed E-state index contributed by atoms with van der Waals surface area (Å²) in [7, 11) is 3.47. The van der Waals surface area contributed by atoms with E-state index in [-0.39, 0.29) is 5.82 Å². The van der Waals surface area contributed by atoms with Crippen molar-refractivity contribution in [1.29, 1.82) is 0 Å². The molecule has 1 aromatic rings. The summed E-state index contributed by atoms with van der Waals surface area (Å²) < 4.78 is 27.4. The van der Waals surface area contributed by atoms with Gasteiger partial charge in [-0.15, -0.1) is 0 Å². The van der Waals surface area contributed by atoms with Crippen molar-refractivity contribution >= 4 is 12.6 Å². The molecule has 1 aromatic carbocycles. The zero-order valence-corrected chi connectivity index (χ0v) is 15.3. The molecule has 5 heteroatoms. The van der Waals surface area contributed by atoms with Crippen LogP contribution in [0.25, 0.3) is 0 Å². The number of rotatable bonds is 2. The fraction of sp³-hybridized carbons (Fsp3) is 0.667. The highest BCUT2D eigenvalue weighted by molar-refractivity contribution is 6.62. The van der Waals surface area contributed by atoms with E-state index < -0.39 is 18.3 Å². The van der Waals surface area contributed by atoms with Crippen molar-refractivity contribution in [2.75, 3.05) is 14.1 Å². The molecule has 3 rings (SSSR count). The second kappa shape index (κ2) is 5.30. The quantitative estimate of drug-likeness (QED) is 0.782. The van der Waals surface area contributed by atoms with Crippen LogP contribution in [-0.4, -0.2) is 37.3 Å². The molecule has 1 saturated heterocycles. The van der Waals surface area contributed by atoms with Crippen LogP contribution in [0.15, 0.2) is 6.07 Å². The Morgan fingerprint density at radius 2 is 1.74 bits per heavy atom. The molecule has 126 valence electrons. The van der Waals surface area contributed by atoms with E-state index in [1.807, 2.05) is 34.6 Å². The van der Waals surface area contributed by atoms with Gasteiger partial charge in [0.25, 0.3) is 0 Å². The van der Waals surface area contributed by atoms with Gasteiger partial charge in [0.15, 0.2) is 0 Å². The lowest BCUT2D eigenvalue weighted by atomic mass is 9.74. The Morgan fingerprint density at radius 1 is 1.17 bits per heavy atom. The van der Waals surface area contributed by atoms with E-state index in [4.69, 9.17) is 9.31 Å². The average Bonchev–Trinajstić information content (AvgIpc) is 2.89. The van der Waals surface area contributed by atoms with Gasteiger partial charge in [0.2, 0.25) is 0 Å². The molecule has 1 heterocycles. The summed E-state index contributed by atoms with van der Waals surface area (Å²) in [6, 6.07) is 2.42. The molecular formula is C18H27BFNO2. The Bertz CT molecular complexity index is 626. The standard InChI is InChI=1S/C18H27BFNO2/c1-11-10-13-12(8-9-14(13)21(6)7)16(20)15(11)19-22-17(2,3)18(4,5)23-19/h10,14H,8-9H2,1-7H3. The van der Waals surface area contributed by atoms with E-state index in [0.29, 0.717) is 11.5 Å². The maximum Gasteiger partial charge on any atom is 0.498 e. The summed E-state index contributed by atoms with van der Waals surface area (Å²) in [4.78, 5) is 2.17. The number of hydrogen-bond acceptors (Lipinski definition) is 3. The molecule has 1 aliphatic carbocycles. The Kier molecular flexibility index (Phi) is 3.90. The van der Waals surface area contributed by atoms with Gasteiger partial charge in [-0.05, 0) is 78.2 Å². The largest absolute Gasteiger partial charge is 0.498 e. The molecule has 1 unspecified atom stereocenters. The third-order valence-corrected chi connectivity index (χ3v) is 5.79. The highest BCUT2D eigenvalue weighted by atomic mass is 19.1. The molecule has 0 spiro atoms. The van der Waals surface area contributed by atoms with Crippen LogP contribution in [0.2, 0.25) is 0 Å². The molecule has 23 heavy (non-hydrogen) atoms. The van der Waals surface area contributed by atoms with Crippen LogP contribution in [0.1, 0.15) is 56.8 Å². The smallest absolute Gasteiger partial charge is 0.399 e. The second-order valence-electron chi connectivity index (χ2n) is 8.10. The molecule has 0 N–H and O–H groups in total. The summed E-state index contributed by atoms with van der Waals surface area (Å²) >= 11 is 0. The van der Waals surface area contributed by atoms with Crippen LogP contribution in [0.4, 0.5) is 4.39 Å². The topological polar surface area (TPSA) is 21.7 Å². The first-order valence-electron chi connectivity index (χ1n) is 8.39. The highest BCUT2D eigenvalue weighted by Gasteiger charge is 2.53. The van der Waals surface area contributed by atoms with Crippen LogP contribution in [0, 0.1) is 12.7 Å². The fourth-order valence-corrected chi connectivity index (χ4v) is 3.64. The first-order chi connectivity index (χ1) is 10.5. The van der Waals surface area contributed by atoms with E-state index >= 15 is 4.39 Å².